The highest BCUT2D eigenvalue weighted by Gasteiger charge is 2.52. The second-order valence-corrected chi connectivity index (χ2v) is 4.50. The van der Waals surface area contributed by atoms with E-state index in [0.717, 1.165) is 6.42 Å². The number of fused-ring (bicyclic) bond motifs is 2. The van der Waals surface area contributed by atoms with Crippen molar-refractivity contribution in [3.8, 4) is 0 Å². The van der Waals surface area contributed by atoms with Gasteiger partial charge in [-0.05, 0) is 32.1 Å². The van der Waals surface area contributed by atoms with Crippen molar-refractivity contribution >= 4 is 11.9 Å². The van der Waals surface area contributed by atoms with E-state index in [4.69, 9.17) is 9.47 Å². The fourth-order valence-electron chi connectivity index (χ4n) is 2.94. The Morgan fingerprint density at radius 3 is 1.76 bits per heavy atom. The molecule has 2 aliphatic carbocycles. The number of hydrogen-bond acceptors (Lipinski definition) is 4. The monoisotopic (exact) mass is 238 g/mol. The van der Waals surface area contributed by atoms with E-state index in [9.17, 15) is 9.59 Å². The van der Waals surface area contributed by atoms with Gasteiger partial charge in [0.1, 0.15) is 0 Å². The maximum Gasteiger partial charge on any atom is 0.310 e. The molecule has 0 amide bonds. The van der Waals surface area contributed by atoms with Crippen LogP contribution in [-0.2, 0) is 19.1 Å². The first kappa shape index (κ1) is 12.1. The van der Waals surface area contributed by atoms with Gasteiger partial charge in [0.2, 0.25) is 0 Å². The number of carbonyl (C=O) groups excluding carboxylic acids is 2. The van der Waals surface area contributed by atoms with Crippen molar-refractivity contribution in [3.05, 3.63) is 12.2 Å². The van der Waals surface area contributed by atoms with Crippen molar-refractivity contribution in [2.24, 2.45) is 23.7 Å². The highest BCUT2D eigenvalue weighted by Crippen LogP contribution is 2.48. The molecule has 0 radical (unpaired) electrons. The van der Waals surface area contributed by atoms with E-state index in [1.165, 1.54) is 0 Å². The number of allylic oxidation sites excluding steroid dienone is 2. The zero-order chi connectivity index (χ0) is 12.4. The molecular formula is C13H18O4. The summed E-state index contributed by atoms with van der Waals surface area (Å²) in [7, 11) is 0. The first-order valence-electron chi connectivity index (χ1n) is 6.20. The van der Waals surface area contributed by atoms with Crippen LogP contribution in [0.2, 0.25) is 0 Å². The predicted molar refractivity (Wildman–Crippen MR) is 61.0 cm³/mol. The second kappa shape index (κ2) is 4.90. The van der Waals surface area contributed by atoms with Crippen LogP contribution in [0.3, 0.4) is 0 Å². The summed E-state index contributed by atoms with van der Waals surface area (Å²) >= 11 is 0. The Balaban J connectivity index is 2.14. The molecule has 0 aromatic carbocycles. The molecule has 0 saturated heterocycles. The third kappa shape index (κ3) is 2.08. The Morgan fingerprint density at radius 2 is 1.41 bits per heavy atom. The number of rotatable bonds is 4. The van der Waals surface area contributed by atoms with Crippen molar-refractivity contribution in [2.75, 3.05) is 13.2 Å². The summed E-state index contributed by atoms with van der Waals surface area (Å²) in [6.07, 6.45) is 4.93. The van der Waals surface area contributed by atoms with Crippen LogP contribution < -0.4 is 0 Å². The van der Waals surface area contributed by atoms with Gasteiger partial charge in [0.15, 0.2) is 0 Å². The fraction of sp³-hybridized carbons (Fsp3) is 0.692. The molecule has 1 fully saturated rings. The van der Waals surface area contributed by atoms with Gasteiger partial charge in [-0.25, -0.2) is 0 Å². The summed E-state index contributed by atoms with van der Waals surface area (Å²) in [6, 6.07) is 0. The molecular weight excluding hydrogens is 220 g/mol. The summed E-state index contributed by atoms with van der Waals surface area (Å²) in [5.41, 5.74) is 0. The number of carbonyl (C=O) groups is 2. The molecule has 4 heteroatoms. The van der Waals surface area contributed by atoms with Crippen molar-refractivity contribution in [3.63, 3.8) is 0 Å². The Labute approximate surface area is 101 Å². The van der Waals surface area contributed by atoms with Gasteiger partial charge in [0, 0.05) is 0 Å². The van der Waals surface area contributed by atoms with Gasteiger partial charge in [-0.2, -0.15) is 0 Å². The smallest absolute Gasteiger partial charge is 0.310 e. The molecule has 2 aliphatic rings. The van der Waals surface area contributed by atoms with E-state index in [-0.39, 0.29) is 35.6 Å². The lowest BCUT2D eigenvalue weighted by Crippen LogP contribution is -2.35. The summed E-state index contributed by atoms with van der Waals surface area (Å²) in [5, 5.41) is 0. The molecule has 1 unspecified atom stereocenters. The van der Waals surface area contributed by atoms with E-state index in [2.05, 4.69) is 0 Å². The van der Waals surface area contributed by atoms with Crippen molar-refractivity contribution in [2.45, 2.75) is 20.3 Å². The third-order valence-electron chi connectivity index (χ3n) is 3.58. The lowest BCUT2D eigenvalue weighted by Gasteiger charge is -2.24. The van der Waals surface area contributed by atoms with E-state index >= 15 is 0 Å². The molecule has 2 bridgehead atoms. The van der Waals surface area contributed by atoms with Crippen LogP contribution in [-0.4, -0.2) is 25.2 Å². The Bertz CT molecular complexity index is 315. The summed E-state index contributed by atoms with van der Waals surface area (Å²) in [6.45, 7) is 4.26. The quantitative estimate of drug-likeness (QED) is 0.551. The van der Waals surface area contributed by atoms with Crippen LogP contribution in [0.25, 0.3) is 0 Å². The molecule has 0 spiro atoms. The molecule has 0 aliphatic heterocycles. The second-order valence-electron chi connectivity index (χ2n) is 4.50. The Kier molecular flexibility index (Phi) is 3.50. The standard InChI is InChI=1S/C13H18O4/c1-3-16-12(14)10-8-5-6-9(7-8)11(10)13(15)17-4-2/h5-6,8-11H,3-4,7H2,1-2H3/t8-,9+,10-,11?/m1/s1. The highest BCUT2D eigenvalue weighted by molar-refractivity contribution is 5.84. The lowest BCUT2D eigenvalue weighted by molar-refractivity contribution is -0.160. The first-order valence-corrected chi connectivity index (χ1v) is 6.20. The normalized spacial score (nSPS) is 33.8. The van der Waals surface area contributed by atoms with Gasteiger partial charge < -0.3 is 9.47 Å². The maximum atomic E-state index is 11.9. The maximum absolute atomic E-state index is 11.9. The zero-order valence-corrected chi connectivity index (χ0v) is 10.2. The topological polar surface area (TPSA) is 52.6 Å². The fourth-order valence-corrected chi connectivity index (χ4v) is 2.94. The average Bonchev–Trinajstić information content (AvgIpc) is 2.89. The van der Waals surface area contributed by atoms with Crippen LogP contribution >= 0.6 is 0 Å². The molecule has 17 heavy (non-hydrogen) atoms. The van der Waals surface area contributed by atoms with Gasteiger partial charge in [0.25, 0.3) is 0 Å². The van der Waals surface area contributed by atoms with Gasteiger partial charge in [-0.3, -0.25) is 9.59 Å². The molecule has 0 aromatic heterocycles. The first-order chi connectivity index (χ1) is 8.19. The minimum atomic E-state index is -0.344. The minimum absolute atomic E-state index is 0.147. The average molecular weight is 238 g/mol. The summed E-state index contributed by atoms with van der Waals surface area (Å²) in [5.74, 6) is -0.917. The highest BCUT2D eigenvalue weighted by atomic mass is 16.5. The van der Waals surface area contributed by atoms with Gasteiger partial charge in [0.05, 0.1) is 25.0 Å². The van der Waals surface area contributed by atoms with E-state index < -0.39 is 0 Å². The third-order valence-corrected chi connectivity index (χ3v) is 3.58. The van der Waals surface area contributed by atoms with E-state index in [1.807, 2.05) is 12.2 Å². The summed E-state index contributed by atoms with van der Waals surface area (Å²) < 4.78 is 10.1. The van der Waals surface area contributed by atoms with Gasteiger partial charge in [-0.15, -0.1) is 0 Å². The van der Waals surface area contributed by atoms with Gasteiger partial charge in [-0.1, -0.05) is 12.2 Å². The Hall–Kier alpha value is -1.32. The molecule has 0 heterocycles. The Morgan fingerprint density at radius 1 is 1.00 bits per heavy atom. The van der Waals surface area contributed by atoms with Gasteiger partial charge >= 0.3 is 11.9 Å². The minimum Gasteiger partial charge on any atom is -0.466 e. The zero-order valence-electron chi connectivity index (χ0n) is 10.2. The number of ether oxygens (including phenoxy) is 2. The van der Waals surface area contributed by atoms with E-state index in [1.54, 1.807) is 13.8 Å². The van der Waals surface area contributed by atoms with Crippen LogP contribution in [0.15, 0.2) is 12.2 Å². The van der Waals surface area contributed by atoms with Crippen molar-refractivity contribution in [1.29, 1.82) is 0 Å². The molecule has 1 saturated carbocycles. The number of esters is 2. The SMILES string of the molecule is CCOC(=O)C1[C@H]2C=C[C@H](C2)[C@H]1C(=O)OCC. The molecule has 0 N–H and O–H groups in total. The molecule has 94 valence electrons. The predicted octanol–water partition coefficient (Wildman–Crippen LogP) is 1.55. The largest absolute Gasteiger partial charge is 0.466 e. The van der Waals surface area contributed by atoms with Crippen LogP contribution in [0, 0.1) is 23.7 Å². The number of hydrogen-bond donors (Lipinski definition) is 0. The van der Waals surface area contributed by atoms with E-state index in [0.29, 0.717) is 13.2 Å². The lowest BCUT2D eigenvalue weighted by atomic mass is 9.83. The van der Waals surface area contributed by atoms with Crippen LogP contribution in [0.1, 0.15) is 20.3 Å². The van der Waals surface area contributed by atoms with Crippen molar-refractivity contribution < 1.29 is 19.1 Å². The molecule has 2 rings (SSSR count). The molecule has 4 nitrogen and oxygen atoms in total. The van der Waals surface area contributed by atoms with Crippen LogP contribution in [0.4, 0.5) is 0 Å². The molecule has 4 atom stereocenters. The van der Waals surface area contributed by atoms with Crippen molar-refractivity contribution in [1.82, 2.24) is 0 Å². The van der Waals surface area contributed by atoms with Crippen LogP contribution in [0.5, 0.6) is 0 Å². The summed E-state index contributed by atoms with van der Waals surface area (Å²) in [4.78, 5) is 23.8. The molecule has 0 aromatic rings.